The van der Waals surface area contributed by atoms with Gasteiger partial charge in [0, 0.05) is 30.6 Å². The van der Waals surface area contributed by atoms with Gasteiger partial charge < -0.3 is 20.1 Å². The number of carboxylic acid groups (broad SMARTS) is 1. The molecule has 1 aromatic carbocycles. The van der Waals surface area contributed by atoms with Gasteiger partial charge in [-0.1, -0.05) is 0 Å². The highest BCUT2D eigenvalue weighted by Crippen LogP contribution is 2.32. The maximum absolute atomic E-state index is 11.7. The van der Waals surface area contributed by atoms with E-state index in [4.69, 9.17) is 4.74 Å². The van der Waals surface area contributed by atoms with E-state index >= 15 is 0 Å². The predicted molar refractivity (Wildman–Crippen MR) is 78.5 cm³/mol. The van der Waals surface area contributed by atoms with Crippen LogP contribution in [0, 0.1) is 0 Å². The summed E-state index contributed by atoms with van der Waals surface area (Å²) in [5.41, 5.74) is 0.203. The number of benzene rings is 1. The van der Waals surface area contributed by atoms with E-state index in [1.54, 1.807) is 32.4 Å². The van der Waals surface area contributed by atoms with Gasteiger partial charge in [0.2, 0.25) is 5.91 Å². The molecule has 6 heteroatoms. The van der Waals surface area contributed by atoms with Gasteiger partial charge in [0.25, 0.3) is 0 Å². The van der Waals surface area contributed by atoms with E-state index in [0.29, 0.717) is 11.3 Å². The highest BCUT2D eigenvalue weighted by molar-refractivity contribution is 5.93. The van der Waals surface area contributed by atoms with E-state index in [1.807, 2.05) is 6.07 Å². The van der Waals surface area contributed by atoms with E-state index in [0.717, 1.165) is 10.9 Å². The predicted octanol–water partition coefficient (Wildman–Crippen LogP) is 1.65. The molecule has 0 bridgehead atoms. The molecule has 6 nitrogen and oxygen atoms in total. The van der Waals surface area contributed by atoms with Crippen LogP contribution >= 0.6 is 0 Å². The van der Waals surface area contributed by atoms with Crippen molar-refractivity contribution >= 4 is 22.8 Å². The van der Waals surface area contributed by atoms with Crippen molar-refractivity contribution in [2.24, 2.45) is 0 Å². The zero-order valence-electron chi connectivity index (χ0n) is 12.2. The third-order valence-corrected chi connectivity index (χ3v) is 3.65. The van der Waals surface area contributed by atoms with Crippen LogP contribution in [0.5, 0.6) is 5.75 Å². The number of rotatable bonds is 5. The van der Waals surface area contributed by atoms with Gasteiger partial charge in [-0.2, -0.15) is 0 Å². The Kier molecular flexibility index (Phi) is 3.88. The maximum Gasteiger partial charge on any atom is 0.315 e. The molecule has 0 saturated carbocycles. The second-order valence-corrected chi connectivity index (χ2v) is 5.16. The minimum Gasteiger partial charge on any atom is -0.497 e. The number of aliphatic carboxylic acids is 1. The summed E-state index contributed by atoms with van der Waals surface area (Å²) in [6.07, 6.45) is 1.67. The Labute approximate surface area is 122 Å². The van der Waals surface area contributed by atoms with Crippen LogP contribution < -0.4 is 10.1 Å². The molecule has 21 heavy (non-hydrogen) atoms. The summed E-state index contributed by atoms with van der Waals surface area (Å²) >= 11 is 0. The Morgan fingerprint density at radius 3 is 2.71 bits per heavy atom. The number of carbonyl (C=O) groups is 2. The number of fused-ring (bicyclic) bond motifs is 1. The Morgan fingerprint density at radius 1 is 1.43 bits per heavy atom. The molecule has 0 spiro atoms. The summed E-state index contributed by atoms with van der Waals surface area (Å²) in [6, 6.07) is 5.42. The van der Waals surface area contributed by atoms with Crippen LogP contribution in [0.25, 0.3) is 10.9 Å². The molecule has 3 N–H and O–H groups in total. The van der Waals surface area contributed by atoms with Crippen molar-refractivity contribution < 1.29 is 19.4 Å². The number of nitrogens with one attached hydrogen (secondary N) is 2. The van der Waals surface area contributed by atoms with Crippen molar-refractivity contribution in [3.63, 3.8) is 0 Å². The standard InChI is InChI=1S/C15H18N2O4/c1-9(18)17-8-15(2,14(19)20)12-7-16-13-5-4-10(21-3)6-11(12)13/h4-7,16H,8H2,1-3H3,(H,17,18)(H,19,20). The number of hydrogen-bond donors (Lipinski definition) is 3. The number of amides is 1. The molecule has 0 aliphatic rings. The molecule has 1 unspecified atom stereocenters. The minimum absolute atomic E-state index is 0.0157. The second-order valence-electron chi connectivity index (χ2n) is 5.16. The highest BCUT2D eigenvalue weighted by Gasteiger charge is 2.37. The molecule has 0 saturated heterocycles. The van der Waals surface area contributed by atoms with Gasteiger partial charge in [-0.15, -0.1) is 0 Å². The first kappa shape index (κ1) is 14.9. The summed E-state index contributed by atoms with van der Waals surface area (Å²) in [6.45, 7) is 2.97. The number of aromatic amines is 1. The topological polar surface area (TPSA) is 91.4 Å². The molecular formula is C15H18N2O4. The molecule has 1 heterocycles. The van der Waals surface area contributed by atoms with Gasteiger partial charge >= 0.3 is 5.97 Å². The van der Waals surface area contributed by atoms with E-state index in [-0.39, 0.29) is 12.5 Å². The molecule has 112 valence electrons. The fraction of sp³-hybridized carbons (Fsp3) is 0.333. The number of ether oxygens (including phenoxy) is 1. The third-order valence-electron chi connectivity index (χ3n) is 3.65. The zero-order valence-corrected chi connectivity index (χ0v) is 12.2. The average Bonchev–Trinajstić information content (AvgIpc) is 2.87. The Bertz CT molecular complexity index is 692. The molecule has 0 fully saturated rings. The first-order valence-electron chi connectivity index (χ1n) is 6.52. The first-order valence-corrected chi connectivity index (χ1v) is 6.52. The molecular weight excluding hydrogens is 272 g/mol. The fourth-order valence-electron chi connectivity index (χ4n) is 2.27. The number of H-pyrrole nitrogens is 1. The second kappa shape index (κ2) is 5.47. The van der Waals surface area contributed by atoms with Gasteiger partial charge in [-0.25, -0.2) is 0 Å². The van der Waals surface area contributed by atoms with Crippen molar-refractivity contribution in [1.29, 1.82) is 0 Å². The summed E-state index contributed by atoms with van der Waals surface area (Å²) in [7, 11) is 1.56. The molecule has 0 aliphatic carbocycles. The van der Waals surface area contributed by atoms with E-state index in [9.17, 15) is 14.7 Å². The van der Waals surface area contributed by atoms with Crippen LogP contribution in [0.1, 0.15) is 19.4 Å². The number of hydrogen-bond acceptors (Lipinski definition) is 3. The Hall–Kier alpha value is -2.50. The number of carbonyl (C=O) groups excluding carboxylic acids is 1. The van der Waals surface area contributed by atoms with Gasteiger partial charge in [0.1, 0.15) is 11.2 Å². The quantitative estimate of drug-likeness (QED) is 0.781. The normalized spacial score (nSPS) is 13.7. The van der Waals surface area contributed by atoms with Crippen LogP contribution in [0.2, 0.25) is 0 Å². The molecule has 2 rings (SSSR count). The largest absolute Gasteiger partial charge is 0.497 e. The number of methoxy groups -OCH3 is 1. The Balaban J connectivity index is 2.54. The lowest BCUT2D eigenvalue weighted by Gasteiger charge is -2.24. The van der Waals surface area contributed by atoms with Gasteiger partial charge in [-0.05, 0) is 30.7 Å². The summed E-state index contributed by atoms with van der Waals surface area (Å²) in [5, 5.41) is 13.0. The van der Waals surface area contributed by atoms with Crippen molar-refractivity contribution in [1.82, 2.24) is 10.3 Å². The first-order chi connectivity index (χ1) is 9.88. The average molecular weight is 290 g/mol. The maximum atomic E-state index is 11.7. The summed E-state index contributed by atoms with van der Waals surface area (Å²) in [4.78, 5) is 25.9. The lowest BCUT2D eigenvalue weighted by Crippen LogP contribution is -2.43. The summed E-state index contributed by atoms with van der Waals surface area (Å²) < 4.78 is 5.19. The summed E-state index contributed by atoms with van der Waals surface area (Å²) in [5.74, 6) is -0.615. The van der Waals surface area contributed by atoms with Crippen molar-refractivity contribution in [3.05, 3.63) is 30.0 Å². The van der Waals surface area contributed by atoms with E-state index < -0.39 is 11.4 Å². The monoisotopic (exact) mass is 290 g/mol. The Morgan fingerprint density at radius 2 is 2.14 bits per heavy atom. The lowest BCUT2D eigenvalue weighted by atomic mass is 9.82. The van der Waals surface area contributed by atoms with Gasteiger partial charge in [0.15, 0.2) is 0 Å². The van der Waals surface area contributed by atoms with Crippen molar-refractivity contribution in [2.45, 2.75) is 19.3 Å². The van der Waals surface area contributed by atoms with Crippen LogP contribution in [0.3, 0.4) is 0 Å². The van der Waals surface area contributed by atoms with Crippen LogP contribution in [0.4, 0.5) is 0 Å². The van der Waals surface area contributed by atoms with E-state index in [1.165, 1.54) is 6.92 Å². The van der Waals surface area contributed by atoms with Gasteiger partial charge in [0.05, 0.1) is 7.11 Å². The molecule has 1 aromatic heterocycles. The van der Waals surface area contributed by atoms with E-state index in [2.05, 4.69) is 10.3 Å². The van der Waals surface area contributed by atoms with Crippen molar-refractivity contribution in [3.8, 4) is 5.75 Å². The molecule has 1 atom stereocenters. The van der Waals surface area contributed by atoms with Crippen LogP contribution in [-0.2, 0) is 15.0 Å². The molecule has 1 amide bonds. The number of carboxylic acids is 1. The van der Waals surface area contributed by atoms with Crippen molar-refractivity contribution in [2.75, 3.05) is 13.7 Å². The minimum atomic E-state index is -1.23. The fourth-order valence-corrected chi connectivity index (χ4v) is 2.27. The van der Waals surface area contributed by atoms with Crippen LogP contribution in [-0.4, -0.2) is 35.6 Å². The van der Waals surface area contributed by atoms with Gasteiger partial charge in [-0.3, -0.25) is 9.59 Å². The molecule has 2 aromatic rings. The number of aromatic nitrogens is 1. The lowest BCUT2D eigenvalue weighted by molar-refractivity contribution is -0.143. The molecule has 0 radical (unpaired) electrons. The smallest absolute Gasteiger partial charge is 0.315 e. The molecule has 0 aliphatic heterocycles. The highest BCUT2D eigenvalue weighted by atomic mass is 16.5. The third kappa shape index (κ3) is 2.69. The SMILES string of the molecule is COc1ccc2[nH]cc(C(C)(CNC(C)=O)C(=O)O)c2c1. The zero-order chi connectivity index (χ0) is 15.6. The van der Waals surface area contributed by atoms with Crippen LogP contribution in [0.15, 0.2) is 24.4 Å².